The second kappa shape index (κ2) is 14.4. The molecule has 0 radical (unpaired) electrons. The predicted octanol–water partition coefficient (Wildman–Crippen LogP) is 7.16. The molecule has 1 unspecified atom stereocenters. The number of methoxy groups -OCH3 is 2. The molecule has 2 N–H and O–H groups in total. The normalized spacial score (nSPS) is 14.0. The maximum absolute atomic E-state index is 12.5. The minimum absolute atomic E-state index is 0.0365. The summed E-state index contributed by atoms with van der Waals surface area (Å²) in [7, 11) is 3.13. The van der Waals surface area contributed by atoms with Gasteiger partial charge in [0.2, 0.25) is 0 Å². The highest BCUT2D eigenvalue weighted by molar-refractivity contribution is 6.31. The average molecular weight is 647 g/mol. The molecule has 0 bridgehead atoms. The number of aromatic nitrogens is 2. The highest BCUT2D eigenvalue weighted by atomic mass is 35.5. The number of aromatic carboxylic acids is 1. The summed E-state index contributed by atoms with van der Waals surface area (Å²) in [6.45, 7) is 2.54. The first-order chi connectivity index (χ1) is 22.2. The van der Waals surface area contributed by atoms with E-state index in [2.05, 4.69) is 12.0 Å². The van der Waals surface area contributed by atoms with E-state index in [1.807, 2.05) is 28.9 Å². The van der Waals surface area contributed by atoms with Crippen LogP contribution in [0.2, 0.25) is 5.02 Å². The molecule has 240 valence electrons. The Hall–Kier alpha value is -4.96. The van der Waals surface area contributed by atoms with Gasteiger partial charge in [-0.1, -0.05) is 31.0 Å². The van der Waals surface area contributed by atoms with Crippen molar-refractivity contribution in [3.05, 3.63) is 93.6 Å². The Kier molecular flexibility index (Phi) is 10.2. The molecule has 1 aromatic heterocycles. The van der Waals surface area contributed by atoms with Crippen molar-refractivity contribution >= 4 is 29.6 Å². The lowest BCUT2D eigenvalue weighted by Gasteiger charge is -2.17. The Balaban J connectivity index is 1.52. The molecule has 3 aromatic carbocycles. The lowest BCUT2D eigenvalue weighted by Crippen LogP contribution is -2.17. The molecule has 0 amide bonds. The molecule has 0 saturated carbocycles. The van der Waals surface area contributed by atoms with Gasteiger partial charge < -0.3 is 29.2 Å². The van der Waals surface area contributed by atoms with Gasteiger partial charge in [0.05, 0.1) is 31.7 Å². The number of rotatable bonds is 14. The van der Waals surface area contributed by atoms with E-state index in [9.17, 15) is 19.8 Å². The average Bonchev–Trinajstić information content (AvgIpc) is 3.64. The van der Waals surface area contributed by atoms with Crippen LogP contribution in [0.4, 0.5) is 0 Å². The van der Waals surface area contributed by atoms with Crippen molar-refractivity contribution in [2.45, 2.75) is 51.9 Å². The fourth-order valence-electron chi connectivity index (χ4n) is 5.46. The summed E-state index contributed by atoms with van der Waals surface area (Å²) in [6.07, 6.45) is 5.40. The van der Waals surface area contributed by atoms with Gasteiger partial charge in [-0.3, -0.25) is 4.68 Å². The fraction of sp³-hybridized carbons (Fsp3) is 0.286. The predicted molar refractivity (Wildman–Crippen MR) is 173 cm³/mol. The Morgan fingerprint density at radius 3 is 2.57 bits per heavy atom. The second-order valence-corrected chi connectivity index (χ2v) is 11.3. The van der Waals surface area contributed by atoms with Crippen LogP contribution in [0, 0.1) is 0 Å². The van der Waals surface area contributed by atoms with Gasteiger partial charge in [0.15, 0.2) is 0 Å². The molecule has 0 saturated heterocycles. The van der Waals surface area contributed by atoms with Gasteiger partial charge in [-0.15, -0.1) is 0 Å². The number of benzene rings is 3. The Morgan fingerprint density at radius 1 is 1.09 bits per heavy atom. The van der Waals surface area contributed by atoms with Crippen molar-refractivity contribution in [3.63, 3.8) is 0 Å². The van der Waals surface area contributed by atoms with Gasteiger partial charge in [-0.05, 0) is 55.0 Å². The van der Waals surface area contributed by atoms with Crippen LogP contribution in [0.3, 0.4) is 0 Å². The number of fused-ring (bicyclic) bond motifs is 1. The lowest BCUT2D eigenvalue weighted by molar-refractivity contribution is -0.132. The maximum Gasteiger partial charge on any atom is 0.336 e. The van der Waals surface area contributed by atoms with E-state index in [4.69, 9.17) is 30.5 Å². The number of nitrogens with zero attached hydrogens (tertiary/aromatic N) is 2. The van der Waals surface area contributed by atoms with Crippen LogP contribution in [0.5, 0.6) is 23.0 Å². The third-order valence-electron chi connectivity index (χ3n) is 7.82. The summed E-state index contributed by atoms with van der Waals surface area (Å²) in [5.41, 5.74) is 3.37. The van der Waals surface area contributed by atoms with Crippen molar-refractivity contribution in [1.82, 2.24) is 9.78 Å². The van der Waals surface area contributed by atoms with Gasteiger partial charge in [0, 0.05) is 58.3 Å². The zero-order valence-corrected chi connectivity index (χ0v) is 26.5. The summed E-state index contributed by atoms with van der Waals surface area (Å²) < 4.78 is 25.0. The Morgan fingerprint density at radius 2 is 1.85 bits per heavy atom. The van der Waals surface area contributed by atoms with Crippen LogP contribution in [0.25, 0.3) is 17.3 Å². The zero-order valence-electron chi connectivity index (χ0n) is 25.8. The number of halogens is 1. The van der Waals surface area contributed by atoms with Crippen molar-refractivity contribution in [2.75, 3.05) is 14.2 Å². The molecule has 1 aliphatic rings. The topological polar surface area (TPSA) is 129 Å². The number of ether oxygens (including phenoxy) is 4. The SMILES string of the molecule is CCCCn1ncc(C=C(CC2Cc3cc(OC)ccc3O2)C(=O)O)c1-c1ccc(OC)cc1OCc1c(Cl)cccc1C(=O)O. The highest BCUT2D eigenvalue weighted by Gasteiger charge is 2.27. The van der Waals surface area contributed by atoms with E-state index in [1.165, 1.54) is 13.2 Å². The van der Waals surface area contributed by atoms with E-state index >= 15 is 0 Å². The summed E-state index contributed by atoms with van der Waals surface area (Å²) >= 11 is 6.38. The molecule has 1 aliphatic heterocycles. The molecule has 1 atom stereocenters. The smallest absolute Gasteiger partial charge is 0.336 e. The molecular weight excluding hydrogens is 612 g/mol. The number of carbonyl (C=O) groups is 2. The summed E-state index contributed by atoms with van der Waals surface area (Å²) in [5, 5.41) is 24.9. The lowest BCUT2D eigenvalue weighted by atomic mass is 9.99. The molecule has 2 heterocycles. The first-order valence-electron chi connectivity index (χ1n) is 14.9. The summed E-state index contributed by atoms with van der Waals surface area (Å²) in [6, 6.07) is 15.5. The Labute approximate surface area is 271 Å². The quantitative estimate of drug-likeness (QED) is 0.137. The van der Waals surface area contributed by atoms with Crippen molar-refractivity contribution in [3.8, 4) is 34.3 Å². The first kappa shape index (κ1) is 32.4. The van der Waals surface area contributed by atoms with E-state index in [0.717, 1.165) is 18.4 Å². The summed E-state index contributed by atoms with van der Waals surface area (Å²) in [4.78, 5) is 24.4. The van der Waals surface area contributed by atoms with Crippen LogP contribution in [0.1, 0.15) is 53.2 Å². The maximum atomic E-state index is 12.5. The molecular formula is C35H35ClN2O8. The van der Waals surface area contributed by atoms with Crippen molar-refractivity contribution < 1.29 is 38.7 Å². The highest BCUT2D eigenvalue weighted by Crippen LogP contribution is 2.39. The van der Waals surface area contributed by atoms with E-state index < -0.39 is 11.9 Å². The molecule has 0 spiro atoms. The monoisotopic (exact) mass is 646 g/mol. The van der Waals surface area contributed by atoms with E-state index in [0.29, 0.717) is 58.3 Å². The second-order valence-electron chi connectivity index (χ2n) is 10.8. The van der Waals surface area contributed by atoms with Crippen LogP contribution in [-0.4, -0.2) is 52.3 Å². The van der Waals surface area contributed by atoms with Crippen LogP contribution < -0.4 is 18.9 Å². The van der Waals surface area contributed by atoms with Crippen molar-refractivity contribution in [1.29, 1.82) is 0 Å². The van der Waals surface area contributed by atoms with Gasteiger partial charge in [-0.25, -0.2) is 9.59 Å². The summed E-state index contributed by atoms with van der Waals surface area (Å²) in [5.74, 6) is 0.167. The third kappa shape index (κ3) is 7.13. The van der Waals surface area contributed by atoms with Crippen molar-refractivity contribution in [2.24, 2.45) is 0 Å². The number of carboxylic acids is 2. The number of unbranched alkanes of at least 4 members (excludes halogenated alkanes) is 1. The molecule has 46 heavy (non-hydrogen) atoms. The minimum atomic E-state index is -1.12. The van der Waals surface area contributed by atoms with Crippen LogP contribution in [-0.2, 0) is 24.4 Å². The molecule has 10 nitrogen and oxygen atoms in total. The van der Waals surface area contributed by atoms with Crippen LogP contribution in [0.15, 0.2) is 66.4 Å². The molecule has 11 heteroatoms. The number of carboxylic acid groups (broad SMARTS) is 2. The number of hydrogen-bond acceptors (Lipinski definition) is 7. The van der Waals surface area contributed by atoms with Crippen LogP contribution >= 0.6 is 11.6 Å². The molecule has 0 aliphatic carbocycles. The Bertz CT molecular complexity index is 1780. The molecule has 4 aromatic rings. The standard InChI is InChI=1S/C35H35ClN2O8/c1-4-5-13-38-33(28-11-9-25(44-3)18-32(28)45-20-29-27(35(41)42)7-6-8-30(29)36)23(19-37-38)14-22(34(39)40)17-26-16-21-15-24(43-2)10-12-31(21)46-26/h6-12,14-15,18-19,26H,4-5,13,16-17,20H2,1-3H3,(H,39,40)(H,41,42). The van der Waals surface area contributed by atoms with E-state index in [-0.39, 0.29) is 35.3 Å². The fourth-order valence-corrected chi connectivity index (χ4v) is 5.69. The largest absolute Gasteiger partial charge is 0.497 e. The zero-order chi connectivity index (χ0) is 32.8. The van der Waals surface area contributed by atoms with Gasteiger partial charge in [0.1, 0.15) is 35.7 Å². The van der Waals surface area contributed by atoms with E-state index in [1.54, 1.807) is 43.6 Å². The third-order valence-corrected chi connectivity index (χ3v) is 8.17. The first-order valence-corrected chi connectivity index (χ1v) is 15.2. The number of aryl methyl sites for hydroxylation is 1. The van der Waals surface area contributed by atoms with Gasteiger partial charge >= 0.3 is 11.9 Å². The number of aliphatic carboxylic acids is 1. The molecule has 5 rings (SSSR count). The minimum Gasteiger partial charge on any atom is -0.497 e. The number of hydrogen-bond donors (Lipinski definition) is 2. The van der Waals surface area contributed by atoms with Gasteiger partial charge in [-0.2, -0.15) is 5.10 Å². The van der Waals surface area contributed by atoms with Gasteiger partial charge in [0.25, 0.3) is 0 Å². The molecule has 0 fully saturated rings.